The number of hydrogen-bond acceptors (Lipinski definition) is 3. The molecule has 0 saturated heterocycles. The van der Waals surface area contributed by atoms with Crippen LogP contribution in [0.25, 0.3) is 0 Å². The smallest absolute Gasteiger partial charge is 0.175 e. The van der Waals surface area contributed by atoms with E-state index in [2.05, 4.69) is 52.4 Å². The van der Waals surface area contributed by atoms with E-state index in [-0.39, 0.29) is 12.6 Å². The highest BCUT2D eigenvalue weighted by Gasteiger charge is 2.16. The van der Waals surface area contributed by atoms with Crippen LogP contribution in [0.15, 0.2) is 65.1 Å². The molecule has 0 fully saturated rings. The van der Waals surface area contributed by atoms with Gasteiger partial charge in [-0.05, 0) is 57.7 Å². The topological polar surface area (TPSA) is 30.5 Å². The molecule has 1 unspecified atom stereocenters. The van der Waals surface area contributed by atoms with E-state index in [1.54, 1.807) is 19.2 Å². The third-order valence-corrected chi connectivity index (χ3v) is 5.99. The molecule has 0 saturated carbocycles. The van der Waals surface area contributed by atoms with Gasteiger partial charge in [-0.3, -0.25) is 0 Å². The number of methoxy groups -OCH3 is 1. The summed E-state index contributed by atoms with van der Waals surface area (Å²) in [5.74, 6) is 0.690. The third-order valence-electron chi connectivity index (χ3n) is 5.04. The van der Waals surface area contributed by atoms with Gasteiger partial charge in [-0.25, -0.2) is 4.39 Å². The maximum absolute atomic E-state index is 14.1. The summed E-state index contributed by atoms with van der Waals surface area (Å²) in [4.78, 5) is 0. The van der Waals surface area contributed by atoms with Crippen molar-refractivity contribution in [3.8, 4) is 11.5 Å². The zero-order valence-corrected chi connectivity index (χ0v) is 20.0. The van der Waals surface area contributed by atoms with Gasteiger partial charge in [0, 0.05) is 18.2 Å². The number of halogens is 3. The van der Waals surface area contributed by atoms with Gasteiger partial charge in [0.25, 0.3) is 0 Å². The molecule has 0 aromatic heterocycles. The Labute approximate surface area is 196 Å². The number of hydrogen-bond donors (Lipinski definition) is 1. The standard InChI is InChI=1S/C25H26BrClFNO2/c1-3-8-23(18-9-5-4-6-10-18)29-15-17-13-20(26)25(24(14-17)30-2)31-16-19-21(27)11-7-12-22(19)28/h4-7,9-14,23,29H,3,8,15-16H2,1-2H3. The first-order valence-corrected chi connectivity index (χ1v) is 11.4. The van der Waals surface area contributed by atoms with Crippen LogP contribution in [0.1, 0.15) is 42.5 Å². The molecule has 164 valence electrons. The Morgan fingerprint density at radius 2 is 1.87 bits per heavy atom. The van der Waals surface area contributed by atoms with E-state index in [0.717, 1.165) is 22.9 Å². The lowest BCUT2D eigenvalue weighted by Crippen LogP contribution is -2.20. The minimum Gasteiger partial charge on any atom is -0.493 e. The Morgan fingerprint density at radius 3 is 2.55 bits per heavy atom. The van der Waals surface area contributed by atoms with Gasteiger partial charge < -0.3 is 14.8 Å². The molecule has 3 nitrogen and oxygen atoms in total. The molecule has 3 aromatic rings. The molecule has 0 aliphatic carbocycles. The highest BCUT2D eigenvalue weighted by atomic mass is 79.9. The summed E-state index contributed by atoms with van der Waals surface area (Å²) >= 11 is 9.68. The second-order valence-corrected chi connectivity index (χ2v) is 8.49. The van der Waals surface area contributed by atoms with Gasteiger partial charge >= 0.3 is 0 Å². The van der Waals surface area contributed by atoms with Crippen molar-refractivity contribution < 1.29 is 13.9 Å². The summed E-state index contributed by atoms with van der Waals surface area (Å²) in [5, 5.41) is 3.97. The molecular formula is C25H26BrClFNO2. The molecule has 1 N–H and O–H groups in total. The fourth-order valence-corrected chi connectivity index (χ4v) is 4.25. The SMILES string of the molecule is CCCC(NCc1cc(Br)c(OCc2c(F)cccc2Cl)c(OC)c1)c1ccccc1. The van der Waals surface area contributed by atoms with Gasteiger partial charge in [0.15, 0.2) is 11.5 Å². The molecule has 31 heavy (non-hydrogen) atoms. The van der Waals surface area contributed by atoms with Crippen LogP contribution < -0.4 is 14.8 Å². The van der Waals surface area contributed by atoms with Crippen LogP contribution in [-0.4, -0.2) is 7.11 Å². The van der Waals surface area contributed by atoms with Gasteiger partial charge in [-0.1, -0.05) is 61.3 Å². The molecule has 0 aliphatic heterocycles. The highest BCUT2D eigenvalue weighted by molar-refractivity contribution is 9.10. The van der Waals surface area contributed by atoms with Crippen LogP contribution in [-0.2, 0) is 13.2 Å². The van der Waals surface area contributed by atoms with Crippen LogP contribution in [0.4, 0.5) is 4.39 Å². The summed E-state index contributed by atoms with van der Waals surface area (Å²) in [7, 11) is 1.59. The Balaban J connectivity index is 1.74. The van der Waals surface area contributed by atoms with Crippen LogP contribution in [0, 0.1) is 5.82 Å². The maximum atomic E-state index is 14.1. The van der Waals surface area contributed by atoms with E-state index in [0.29, 0.717) is 28.6 Å². The molecule has 0 bridgehead atoms. The normalized spacial score (nSPS) is 11.9. The third kappa shape index (κ3) is 6.22. The average molecular weight is 507 g/mol. The van der Waals surface area contributed by atoms with Gasteiger partial charge in [0.05, 0.1) is 16.6 Å². The van der Waals surface area contributed by atoms with Crippen LogP contribution in [0.2, 0.25) is 5.02 Å². The first-order valence-electron chi connectivity index (χ1n) is 10.2. The quantitative estimate of drug-likeness (QED) is 0.309. The van der Waals surface area contributed by atoms with Crippen molar-refractivity contribution in [3.05, 3.63) is 92.7 Å². The van der Waals surface area contributed by atoms with Gasteiger partial charge in [0.1, 0.15) is 12.4 Å². The largest absolute Gasteiger partial charge is 0.493 e. The van der Waals surface area contributed by atoms with Gasteiger partial charge in [-0.2, -0.15) is 0 Å². The van der Waals surface area contributed by atoms with Crippen molar-refractivity contribution in [2.75, 3.05) is 7.11 Å². The van der Waals surface area contributed by atoms with E-state index in [9.17, 15) is 4.39 Å². The zero-order chi connectivity index (χ0) is 22.2. The predicted molar refractivity (Wildman–Crippen MR) is 127 cm³/mol. The molecule has 0 heterocycles. The Bertz CT molecular complexity index is 980. The summed E-state index contributed by atoms with van der Waals surface area (Å²) < 4.78 is 26.2. The minimum absolute atomic E-state index is 0.00461. The molecule has 0 radical (unpaired) electrons. The van der Waals surface area contributed by atoms with Crippen LogP contribution >= 0.6 is 27.5 Å². The number of rotatable bonds is 10. The molecule has 0 aliphatic rings. The highest BCUT2D eigenvalue weighted by Crippen LogP contribution is 2.38. The zero-order valence-electron chi connectivity index (χ0n) is 17.6. The first kappa shape index (κ1) is 23.6. The Morgan fingerprint density at radius 1 is 1.10 bits per heavy atom. The summed E-state index contributed by atoms with van der Waals surface area (Å²) in [5.41, 5.74) is 2.64. The molecule has 6 heteroatoms. The van der Waals surface area contributed by atoms with Crippen molar-refractivity contribution in [1.29, 1.82) is 0 Å². The summed E-state index contributed by atoms with van der Waals surface area (Å²) in [6.45, 7) is 2.86. The van der Waals surface area contributed by atoms with E-state index in [1.807, 2.05) is 18.2 Å². The van der Waals surface area contributed by atoms with E-state index >= 15 is 0 Å². The monoisotopic (exact) mass is 505 g/mol. The Kier molecular flexibility index (Phi) is 8.76. The van der Waals surface area contributed by atoms with E-state index in [1.165, 1.54) is 11.6 Å². The Hall–Kier alpha value is -2.08. The van der Waals surface area contributed by atoms with Crippen molar-refractivity contribution in [3.63, 3.8) is 0 Å². The fourth-order valence-electron chi connectivity index (χ4n) is 3.43. The number of nitrogens with one attached hydrogen (secondary N) is 1. The average Bonchev–Trinajstić information content (AvgIpc) is 2.77. The summed E-state index contributed by atoms with van der Waals surface area (Å²) in [6, 6.07) is 19.2. The van der Waals surface area contributed by atoms with Crippen LogP contribution in [0.3, 0.4) is 0 Å². The van der Waals surface area contributed by atoms with Crippen LogP contribution in [0.5, 0.6) is 11.5 Å². The number of ether oxygens (including phenoxy) is 2. The predicted octanol–water partition coefficient (Wildman–Crippen LogP) is 7.46. The molecule has 1 atom stereocenters. The lowest BCUT2D eigenvalue weighted by molar-refractivity contribution is 0.277. The molecule has 0 amide bonds. The van der Waals surface area contributed by atoms with Gasteiger partial charge in [-0.15, -0.1) is 0 Å². The summed E-state index contributed by atoms with van der Waals surface area (Å²) in [6.07, 6.45) is 2.14. The lowest BCUT2D eigenvalue weighted by Gasteiger charge is -2.20. The van der Waals surface area contributed by atoms with Crippen molar-refractivity contribution in [2.45, 2.75) is 39.0 Å². The maximum Gasteiger partial charge on any atom is 0.175 e. The van der Waals surface area contributed by atoms with E-state index in [4.69, 9.17) is 21.1 Å². The number of benzene rings is 3. The van der Waals surface area contributed by atoms with Crippen molar-refractivity contribution >= 4 is 27.5 Å². The van der Waals surface area contributed by atoms with Crippen molar-refractivity contribution in [2.24, 2.45) is 0 Å². The second-order valence-electron chi connectivity index (χ2n) is 7.23. The minimum atomic E-state index is -0.397. The molecule has 0 spiro atoms. The van der Waals surface area contributed by atoms with E-state index < -0.39 is 5.82 Å². The second kappa shape index (κ2) is 11.5. The fraction of sp³-hybridized carbons (Fsp3) is 0.280. The lowest BCUT2D eigenvalue weighted by atomic mass is 10.0. The molecule has 3 rings (SSSR count). The molecular weight excluding hydrogens is 481 g/mol. The first-order chi connectivity index (χ1) is 15.0. The molecule has 3 aromatic carbocycles. The van der Waals surface area contributed by atoms with Gasteiger partial charge in [0.2, 0.25) is 0 Å². The van der Waals surface area contributed by atoms with Crippen molar-refractivity contribution in [1.82, 2.24) is 5.32 Å².